The lowest BCUT2D eigenvalue weighted by Gasteiger charge is -2.33. The minimum absolute atomic E-state index is 0.593. The van der Waals surface area contributed by atoms with Crippen molar-refractivity contribution < 1.29 is 0 Å². The van der Waals surface area contributed by atoms with Crippen molar-refractivity contribution in [3.8, 4) is 0 Å². The van der Waals surface area contributed by atoms with Gasteiger partial charge in [0.1, 0.15) is 0 Å². The van der Waals surface area contributed by atoms with E-state index >= 15 is 0 Å². The first-order valence-corrected chi connectivity index (χ1v) is 5.56. The predicted octanol–water partition coefficient (Wildman–Crippen LogP) is 2.29. The fourth-order valence-corrected chi connectivity index (χ4v) is 1.87. The normalized spacial score (nSPS) is 26.6. The van der Waals surface area contributed by atoms with E-state index in [1.807, 2.05) is 12.4 Å². The Hall–Kier alpha value is -0.390. The van der Waals surface area contributed by atoms with Crippen molar-refractivity contribution >= 4 is 28.5 Å². The fourth-order valence-electron chi connectivity index (χ4n) is 1.59. The van der Waals surface area contributed by atoms with Crippen molar-refractivity contribution in [1.29, 1.82) is 0 Å². The molecule has 0 saturated heterocycles. The topological polar surface area (TPSA) is 37.8 Å². The Morgan fingerprint density at radius 3 is 2.54 bits per heavy atom. The Balaban J connectivity index is 1.91. The third kappa shape index (κ3) is 2.30. The van der Waals surface area contributed by atoms with E-state index in [0.717, 1.165) is 15.4 Å². The number of aromatic nitrogens is 2. The molecular formula is C9H12IN3. The van der Waals surface area contributed by atoms with E-state index in [1.54, 1.807) is 0 Å². The van der Waals surface area contributed by atoms with Crippen LogP contribution in [0.3, 0.4) is 0 Å². The van der Waals surface area contributed by atoms with Crippen molar-refractivity contribution in [3.05, 3.63) is 16.0 Å². The lowest BCUT2D eigenvalue weighted by atomic mass is 9.82. The van der Waals surface area contributed by atoms with E-state index in [2.05, 4.69) is 44.8 Å². The van der Waals surface area contributed by atoms with E-state index in [9.17, 15) is 0 Å². The summed E-state index contributed by atoms with van der Waals surface area (Å²) in [7, 11) is 0. The van der Waals surface area contributed by atoms with Crippen LogP contribution in [0.4, 0.5) is 5.95 Å². The van der Waals surface area contributed by atoms with E-state index in [0.29, 0.717) is 6.04 Å². The van der Waals surface area contributed by atoms with Gasteiger partial charge in [-0.05, 0) is 41.4 Å². The summed E-state index contributed by atoms with van der Waals surface area (Å²) < 4.78 is 1.07. The number of nitrogens with zero attached hydrogens (tertiary/aromatic N) is 2. The average Bonchev–Trinajstić information content (AvgIpc) is 2.06. The molecule has 0 aliphatic heterocycles. The molecule has 13 heavy (non-hydrogen) atoms. The van der Waals surface area contributed by atoms with Gasteiger partial charge in [-0.15, -0.1) is 0 Å². The van der Waals surface area contributed by atoms with Crippen molar-refractivity contribution in [2.45, 2.75) is 25.8 Å². The zero-order chi connectivity index (χ0) is 9.26. The maximum Gasteiger partial charge on any atom is 0.222 e. The van der Waals surface area contributed by atoms with E-state index < -0.39 is 0 Å². The lowest BCUT2D eigenvalue weighted by Crippen LogP contribution is -2.34. The minimum atomic E-state index is 0.593. The molecule has 0 atom stereocenters. The Labute approximate surface area is 91.5 Å². The molecule has 0 spiro atoms. The van der Waals surface area contributed by atoms with Crippen LogP contribution >= 0.6 is 22.6 Å². The molecule has 0 amide bonds. The Morgan fingerprint density at radius 2 is 2.00 bits per heavy atom. The first-order chi connectivity index (χ1) is 6.24. The van der Waals surface area contributed by atoms with Gasteiger partial charge in [0.05, 0.1) is 0 Å². The van der Waals surface area contributed by atoms with E-state index in [-0.39, 0.29) is 0 Å². The third-order valence-corrected chi connectivity index (χ3v) is 2.88. The minimum Gasteiger partial charge on any atom is -0.351 e. The number of hydrogen-bond donors (Lipinski definition) is 1. The maximum absolute atomic E-state index is 4.20. The van der Waals surface area contributed by atoms with Crippen LogP contribution in [0.1, 0.15) is 19.8 Å². The van der Waals surface area contributed by atoms with E-state index in [1.165, 1.54) is 12.8 Å². The van der Waals surface area contributed by atoms with Gasteiger partial charge in [-0.2, -0.15) is 0 Å². The van der Waals surface area contributed by atoms with Crippen LogP contribution in [0.5, 0.6) is 0 Å². The molecule has 4 heteroatoms. The van der Waals surface area contributed by atoms with Crippen molar-refractivity contribution in [1.82, 2.24) is 9.97 Å². The summed E-state index contributed by atoms with van der Waals surface area (Å²) in [5.74, 6) is 1.62. The SMILES string of the molecule is CC1CC(Nc2ncc(I)cn2)C1. The number of rotatable bonds is 2. The van der Waals surface area contributed by atoms with E-state index in [4.69, 9.17) is 0 Å². The number of hydrogen-bond acceptors (Lipinski definition) is 3. The summed E-state index contributed by atoms with van der Waals surface area (Å²) in [6.07, 6.45) is 6.15. The van der Waals surface area contributed by atoms with Gasteiger partial charge < -0.3 is 5.32 Å². The first-order valence-electron chi connectivity index (χ1n) is 4.48. The summed E-state index contributed by atoms with van der Waals surface area (Å²) in [6.45, 7) is 2.27. The van der Waals surface area contributed by atoms with Gasteiger partial charge in [-0.1, -0.05) is 6.92 Å². The molecule has 2 rings (SSSR count). The molecule has 1 fully saturated rings. The molecular weight excluding hydrogens is 277 g/mol. The molecule has 0 bridgehead atoms. The van der Waals surface area contributed by atoms with Crippen LogP contribution < -0.4 is 5.32 Å². The highest BCUT2D eigenvalue weighted by molar-refractivity contribution is 14.1. The zero-order valence-corrected chi connectivity index (χ0v) is 9.65. The van der Waals surface area contributed by atoms with Gasteiger partial charge in [0.15, 0.2) is 0 Å². The second-order valence-corrected chi connectivity index (χ2v) is 4.89. The second-order valence-electron chi connectivity index (χ2n) is 3.64. The largest absolute Gasteiger partial charge is 0.351 e. The van der Waals surface area contributed by atoms with Gasteiger partial charge in [-0.25, -0.2) is 9.97 Å². The van der Waals surface area contributed by atoms with Gasteiger partial charge in [0, 0.05) is 22.0 Å². The van der Waals surface area contributed by atoms with Crippen molar-refractivity contribution in [2.75, 3.05) is 5.32 Å². The standard InChI is InChI=1S/C9H12IN3/c1-6-2-8(3-6)13-9-11-4-7(10)5-12-9/h4-6,8H,2-3H2,1H3,(H,11,12,13). The van der Waals surface area contributed by atoms with Crippen LogP contribution in [0, 0.1) is 9.49 Å². The third-order valence-electron chi connectivity index (χ3n) is 2.33. The molecule has 1 saturated carbocycles. The highest BCUT2D eigenvalue weighted by Gasteiger charge is 2.25. The summed E-state index contributed by atoms with van der Waals surface area (Å²) in [5.41, 5.74) is 0. The van der Waals surface area contributed by atoms with Crippen molar-refractivity contribution in [3.63, 3.8) is 0 Å². The first kappa shape index (κ1) is 9.18. The lowest BCUT2D eigenvalue weighted by molar-refractivity contribution is 0.308. The Bertz CT molecular complexity index is 279. The molecule has 1 aromatic heterocycles. The van der Waals surface area contributed by atoms with Crippen LogP contribution in [-0.4, -0.2) is 16.0 Å². The smallest absolute Gasteiger partial charge is 0.222 e. The highest BCUT2D eigenvalue weighted by atomic mass is 127. The number of halogens is 1. The predicted molar refractivity (Wildman–Crippen MR) is 60.6 cm³/mol. The average molecular weight is 289 g/mol. The van der Waals surface area contributed by atoms with Gasteiger partial charge in [-0.3, -0.25) is 0 Å². The molecule has 1 aliphatic rings. The molecule has 3 nitrogen and oxygen atoms in total. The second kappa shape index (κ2) is 3.77. The Kier molecular flexibility index (Phi) is 2.66. The maximum atomic E-state index is 4.20. The van der Waals surface area contributed by atoms with Gasteiger partial charge in [0.25, 0.3) is 0 Å². The van der Waals surface area contributed by atoms with Crippen LogP contribution in [0.15, 0.2) is 12.4 Å². The molecule has 1 aliphatic carbocycles. The summed E-state index contributed by atoms with van der Waals surface area (Å²) >= 11 is 2.20. The monoisotopic (exact) mass is 289 g/mol. The van der Waals surface area contributed by atoms with Crippen LogP contribution in [0.2, 0.25) is 0 Å². The summed E-state index contributed by atoms with van der Waals surface area (Å²) in [5, 5.41) is 3.31. The molecule has 0 radical (unpaired) electrons. The zero-order valence-electron chi connectivity index (χ0n) is 7.50. The van der Waals surface area contributed by atoms with Gasteiger partial charge in [0.2, 0.25) is 5.95 Å². The number of anilines is 1. The molecule has 70 valence electrons. The fraction of sp³-hybridized carbons (Fsp3) is 0.556. The van der Waals surface area contributed by atoms with Gasteiger partial charge >= 0.3 is 0 Å². The quantitative estimate of drug-likeness (QED) is 0.849. The molecule has 0 aromatic carbocycles. The molecule has 1 aromatic rings. The molecule has 0 unspecified atom stereocenters. The Morgan fingerprint density at radius 1 is 1.38 bits per heavy atom. The summed E-state index contributed by atoms with van der Waals surface area (Å²) in [6, 6.07) is 0.593. The highest BCUT2D eigenvalue weighted by Crippen LogP contribution is 2.28. The molecule has 1 N–H and O–H groups in total. The summed E-state index contributed by atoms with van der Waals surface area (Å²) in [4.78, 5) is 8.39. The molecule has 1 heterocycles. The number of nitrogens with one attached hydrogen (secondary N) is 1. The van der Waals surface area contributed by atoms with Crippen LogP contribution in [-0.2, 0) is 0 Å². The van der Waals surface area contributed by atoms with Crippen molar-refractivity contribution in [2.24, 2.45) is 5.92 Å². The van der Waals surface area contributed by atoms with Crippen LogP contribution in [0.25, 0.3) is 0 Å².